The fourth-order valence-corrected chi connectivity index (χ4v) is 4.98. The molecule has 1 aliphatic carbocycles. The van der Waals surface area contributed by atoms with E-state index >= 15 is 0 Å². The number of methoxy groups -OCH3 is 2. The molecule has 2 aromatic carbocycles. The van der Waals surface area contributed by atoms with Crippen LogP contribution in [0.4, 0.5) is 4.39 Å². The molecule has 1 amide bonds. The Kier molecular flexibility index (Phi) is 8.31. The first-order chi connectivity index (χ1) is 17.9. The Bertz CT molecular complexity index is 1270. The number of nitrogens with two attached hydrogens (primary N) is 1. The highest BCUT2D eigenvalue weighted by molar-refractivity contribution is 6.03. The number of amides is 1. The van der Waals surface area contributed by atoms with Gasteiger partial charge in [0.1, 0.15) is 35.3 Å². The van der Waals surface area contributed by atoms with E-state index in [0.29, 0.717) is 48.3 Å². The first-order valence-corrected chi connectivity index (χ1v) is 12.7. The van der Waals surface area contributed by atoms with Gasteiger partial charge in [0.05, 0.1) is 26.0 Å². The summed E-state index contributed by atoms with van der Waals surface area (Å²) in [7, 11) is 3.14. The zero-order chi connectivity index (χ0) is 26.4. The number of oxazole rings is 1. The van der Waals surface area contributed by atoms with Gasteiger partial charge in [0.15, 0.2) is 0 Å². The average Bonchev–Trinajstić information content (AvgIpc) is 3.62. The molecule has 0 unspecified atom stereocenters. The van der Waals surface area contributed by atoms with E-state index in [4.69, 9.17) is 19.6 Å². The van der Waals surface area contributed by atoms with Crippen LogP contribution >= 0.6 is 0 Å². The summed E-state index contributed by atoms with van der Waals surface area (Å²) in [6.45, 7) is 1.43. The molecular formula is C28H35FN4O4. The zero-order valence-electron chi connectivity index (χ0n) is 21.7. The lowest BCUT2D eigenvalue weighted by Gasteiger charge is -2.28. The number of amidine groups is 1. The van der Waals surface area contributed by atoms with Gasteiger partial charge in [-0.15, -0.1) is 0 Å². The molecule has 1 heterocycles. The summed E-state index contributed by atoms with van der Waals surface area (Å²) in [4.78, 5) is 22.3. The Labute approximate surface area is 216 Å². The maximum absolute atomic E-state index is 13.7. The molecule has 0 spiro atoms. The summed E-state index contributed by atoms with van der Waals surface area (Å²) >= 11 is 0. The lowest BCUT2D eigenvalue weighted by molar-refractivity contribution is 0.0876. The van der Waals surface area contributed by atoms with Crippen molar-refractivity contribution in [3.63, 3.8) is 0 Å². The predicted molar refractivity (Wildman–Crippen MR) is 141 cm³/mol. The molecule has 3 N–H and O–H groups in total. The number of halogens is 1. The van der Waals surface area contributed by atoms with Crippen LogP contribution in [-0.2, 0) is 5.54 Å². The largest absolute Gasteiger partial charge is 0.496 e. The lowest BCUT2D eigenvalue weighted by atomic mass is 9.94. The second-order valence-corrected chi connectivity index (χ2v) is 9.68. The van der Waals surface area contributed by atoms with Crippen LogP contribution in [0, 0.1) is 0 Å². The fraction of sp³-hybridized carbons (Fsp3) is 0.464. The second-order valence-electron chi connectivity index (χ2n) is 9.68. The molecule has 0 saturated heterocycles. The number of carbonyl (C=O) groups excluding carboxylic acids is 1. The third-order valence-electron chi connectivity index (χ3n) is 7.05. The van der Waals surface area contributed by atoms with Crippen LogP contribution in [0.1, 0.15) is 73.4 Å². The molecular weight excluding hydrogens is 475 g/mol. The van der Waals surface area contributed by atoms with Crippen LogP contribution in [0.15, 0.2) is 45.9 Å². The highest BCUT2D eigenvalue weighted by Crippen LogP contribution is 2.37. The SMILES string of the molecule is COc1cc2c(OC)cccc2cc1C(=O)N[C@](C)(CCCN=C(N)CF)c1ncc(C2CCCC2)o1. The van der Waals surface area contributed by atoms with E-state index in [2.05, 4.69) is 15.3 Å². The van der Waals surface area contributed by atoms with E-state index in [1.165, 1.54) is 20.0 Å². The van der Waals surface area contributed by atoms with Crippen LogP contribution in [0.5, 0.6) is 11.5 Å². The molecule has 9 heteroatoms. The number of fused-ring (bicyclic) bond motifs is 1. The molecule has 1 aromatic heterocycles. The molecule has 4 rings (SSSR count). The number of aromatic nitrogens is 1. The number of benzene rings is 2. The van der Waals surface area contributed by atoms with Crippen molar-refractivity contribution in [3.8, 4) is 11.5 Å². The Balaban J connectivity index is 1.64. The standard InChI is InChI=1S/C28H35FN4O4/c1-28(12-7-13-31-25(30)16-29,27-32-17-24(37-27)18-8-4-5-9-18)33-26(34)21-14-19-10-6-11-22(35-2)20(19)15-23(21)36-3/h6,10-11,14-15,17-18H,4-5,7-9,12-13,16H2,1-3H3,(H2,30,31)(H,33,34)/t28-/m1/s1. The number of alkyl halides is 1. The molecule has 3 aromatic rings. The average molecular weight is 511 g/mol. The van der Waals surface area contributed by atoms with Gasteiger partial charge in [0, 0.05) is 17.8 Å². The third kappa shape index (κ3) is 5.87. The van der Waals surface area contributed by atoms with Crippen molar-refractivity contribution in [2.24, 2.45) is 10.7 Å². The van der Waals surface area contributed by atoms with E-state index in [1.54, 1.807) is 25.4 Å². The van der Waals surface area contributed by atoms with E-state index in [0.717, 1.165) is 29.4 Å². The number of nitrogens with zero attached hydrogens (tertiary/aromatic N) is 2. The van der Waals surface area contributed by atoms with Crippen molar-refractivity contribution in [2.45, 2.75) is 56.9 Å². The molecule has 1 aliphatic rings. The maximum atomic E-state index is 13.7. The number of hydrogen-bond acceptors (Lipinski definition) is 6. The number of aliphatic imine (C=N–C) groups is 1. The molecule has 198 valence electrons. The molecule has 1 fully saturated rings. The topological polar surface area (TPSA) is 112 Å². The molecule has 0 bridgehead atoms. The van der Waals surface area contributed by atoms with Crippen LogP contribution in [0.2, 0.25) is 0 Å². The number of rotatable bonds is 11. The minimum atomic E-state index is -0.928. The number of nitrogens with one attached hydrogen (secondary N) is 1. The second kappa shape index (κ2) is 11.6. The number of carbonyl (C=O) groups is 1. The zero-order valence-corrected chi connectivity index (χ0v) is 21.7. The summed E-state index contributed by atoms with van der Waals surface area (Å²) in [5, 5.41) is 4.84. The van der Waals surface area contributed by atoms with Gasteiger partial charge in [-0.25, -0.2) is 9.37 Å². The quantitative estimate of drug-likeness (QED) is 0.207. The van der Waals surface area contributed by atoms with Gasteiger partial charge < -0.3 is 24.9 Å². The van der Waals surface area contributed by atoms with Crippen molar-refractivity contribution in [1.82, 2.24) is 10.3 Å². The minimum absolute atomic E-state index is 0.0401. The smallest absolute Gasteiger partial charge is 0.255 e. The van der Waals surface area contributed by atoms with Gasteiger partial charge >= 0.3 is 0 Å². The van der Waals surface area contributed by atoms with E-state index < -0.39 is 12.2 Å². The van der Waals surface area contributed by atoms with Crippen LogP contribution < -0.4 is 20.5 Å². The lowest BCUT2D eigenvalue weighted by Crippen LogP contribution is -2.44. The summed E-state index contributed by atoms with van der Waals surface area (Å²) in [5.74, 6) is 2.40. The van der Waals surface area contributed by atoms with Crippen molar-refractivity contribution >= 4 is 22.5 Å². The Morgan fingerprint density at radius 1 is 1.24 bits per heavy atom. The van der Waals surface area contributed by atoms with Crippen LogP contribution in [0.25, 0.3) is 10.8 Å². The molecule has 0 radical (unpaired) electrons. The van der Waals surface area contributed by atoms with Gasteiger partial charge in [-0.3, -0.25) is 9.79 Å². The van der Waals surface area contributed by atoms with Crippen LogP contribution in [0.3, 0.4) is 0 Å². The first kappa shape index (κ1) is 26.4. The minimum Gasteiger partial charge on any atom is -0.496 e. The number of ether oxygens (including phenoxy) is 2. The molecule has 0 aliphatic heterocycles. The highest BCUT2D eigenvalue weighted by Gasteiger charge is 2.35. The van der Waals surface area contributed by atoms with Crippen molar-refractivity contribution < 1.29 is 23.1 Å². The Morgan fingerprint density at radius 3 is 2.70 bits per heavy atom. The van der Waals surface area contributed by atoms with Crippen molar-refractivity contribution in [3.05, 3.63) is 53.7 Å². The molecule has 37 heavy (non-hydrogen) atoms. The molecule has 8 nitrogen and oxygen atoms in total. The molecule has 1 atom stereocenters. The summed E-state index contributed by atoms with van der Waals surface area (Å²) in [6.07, 6.45) is 7.29. The van der Waals surface area contributed by atoms with Gasteiger partial charge in [-0.1, -0.05) is 25.0 Å². The summed E-state index contributed by atoms with van der Waals surface area (Å²) in [6, 6.07) is 9.25. The van der Waals surface area contributed by atoms with Crippen LogP contribution in [-0.4, -0.2) is 44.2 Å². The summed E-state index contributed by atoms with van der Waals surface area (Å²) < 4.78 is 30.0. The van der Waals surface area contributed by atoms with E-state index in [1.807, 2.05) is 25.1 Å². The molecule has 1 saturated carbocycles. The van der Waals surface area contributed by atoms with Gasteiger partial charge in [0.25, 0.3) is 5.91 Å². The summed E-state index contributed by atoms with van der Waals surface area (Å²) in [5.41, 5.74) is 4.97. The Morgan fingerprint density at radius 2 is 2.00 bits per heavy atom. The van der Waals surface area contributed by atoms with Gasteiger partial charge in [-0.05, 0) is 56.2 Å². The predicted octanol–water partition coefficient (Wildman–Crippen LogP) is 5.25. The highest BCUT2D eigenvalue weighted by atomic mass is 19.1. The number of hydrogen-bond donors (Lipinski definition) is 2. The monoisotopic (exact) mass is 510 g/mol. The van der Waals surface area contributed by atoms with Gasteiger partial charge in [0.2, 0.25) is 5.89 Å². The van der Waals surface area contributed by atoms with E-state index in [-0.39, 0.29) is 11.7 Å². The normalized spacial score (nSPS) is 16.1. The van der Waals surface area contributed by atoms with E-state index in [9.17, 15) is 9.18 Å². The van der Waals surface area contributed by atoms with Gasteiger partial charge in [-0.2, -0.15) is 0 Å². The maximum Gasteiger partial charge on any atom is 0.255 e. The first-order valence-electron chi connectivity index (χ1n) is 12.7. The van der Waals surface area contributed by atoms with Crippen molar-refractivity contribution in [1.29, 1.82) is 0 Å². The third-order valence-corrected chi connectivity index (χ3v) is 7.05. The fourth-order valence-electron chi connectivity index (χ4n) is 4.98. The van der Waals surface area contributed by atoms with Crippen molar-refractivity contribution in [2.75, 3.05) is 27.4 Å². The Hall–Kier alpha value is -3.62.